The third-order valence-electron chi connectivity index (χ3n) is 3.79. The highest BCUT2D eigenvalue weighted by molar-refractivity contribution is 9.10. The Balaban J connectivity index is 2.47. The average molecular weight is 399 g/mol. The Kier molecular flexibility index (Phi) is 5.94. The first-order valence-corrected chi connectivity index (χ1v) is 8.81. The maximum absolute atomic E-state index is 5.71. The van der Waals surface area contributed by atoms with Crippen LogP contribution in [0.4, 0.5) is 0 Å². The minimum atomic E-state index is -0.371. The molecule has 134 valence electrons. The molecular weight excluding hydrogens is 372 g/mol. The number of ether oxygens (including phenoxy) is 3. The molecule has 5 nitrogen and oxygen atoms in total. The van der Waals surface area contributed by atoms with Crippen LogP contribution in [0.25, 0.3) is 0 Å². The lowest BCUT2D eigenvalue weighted by molar-refractivity contribution is -0.382. The molecule has 1 saturated heterocycles. The van der Waals surface area contributed by atoms with Gasteiger partial charge in [0.15, 0.2) is 12.6 Å². The summed E-state index contributed by atoms with van der Waals surface area (Å²) in [7, 11) is 5.57. The summed E-state index contributed by atoms with van der Waals surface area (Å²) in [5.41, 5.74) is 2.09. The minimum absolute atomic E-state index is 0.0612. The van der Waals surface area contributed by atoms with Crippen LogP contribution in [0.2, 0.25) is 0 Å². The van der Waals surface area contributed by atoms with Crippen LogP contribution in [-0.4, -0.2) is 45.0 Å². The Labute approximate surface area is 153 Å². The van der Waals surface area contributed by atoms with E-state index in [4.69, 9.17) is 14.2 Å². The fraction of sp³-hybridized carbons (Fsp3) is 0.611. The summed E-state index contributed by atoms with van der Waals surface area (Å²) >= 11 is 3.63. The van der Waals surface area contributed by atoms with Gasteiger partial charge in [-0.3, -0.25) is 4.99 Å². The molecule has 0 bridgehead atoms. The second-order valence-electron chi connectivity index (χ2n) is 7.21. The van der Waals surface area contributed by atoms with Crippen LogP contribution in [-0.2, 0) is 14.9 Å². The fourth-order valence-corrected chi connectivity index (χ4v) is 3.24. The van der Waals surface area contributed by atoms with Gasteiger partial charge >= 0.3 is 0 Å². The van der Waals surface area contributed by atoms with Crippen LogP contribution in [0.15, 0.2) is 21.6 Å². The van der Waals surface area contributed by atoms with E-state index >= 15 is 0 Å². The van der Waals surface area contributed by atoms with Crippen molar-refractivity contribution in [2.45, 2.75) is 51.7 Å². The molecule has 1 aliphatic heterocycles. The second kappa shape index (κ2) is 7.42. The van der Waals surface area contributed by atoms with E-state index in [1.807, 2.05) is 32.0 Å². The van der Waals surface area contributed by atoms with Gasteiger partial charge in [-0.15, -0.1) is 0 Å². The van der Waals surface area contributed by atoms with Gasteiger partial charge < -0.3 is 19.1 Å². The van der Waals surface area contributed by atoms with Gasteiger partial charge in [0.25, 0.3) is 0 Å². The molecular formula is C18H27BrN2O3. The summed E-state index contributed by atoms with van der Waals surface area (Å²) in [6.07, 6.45) is 1.23. The van der Waals surface area contributed by atoms with Crippen LogP contribution in [0.5, 0.6) is 5.75 Å². The van der Waals surface area contributed by atoms with Gasteiger partial charge in [0.1, 0.15) is 11.8 Å². The normalized spacial score (nSPS) is 22.3. The molecule has 0 radical (unpaired) electrons. The van der Waals surface area contributed by atoms with E-state index in [1.54, 1.807) is 13.4 Å². The summed E-state index contributed by atoms with van der Waals surface area (Å²) in [4.78, 5) is 6.56. The molecule has 1 atom stereocenters. The van der Waals surface area contributed by atoms with Crippen molar-refractivity contribution in [3.8, 4) is 5.75 Å². The number of halogens is 1. The van der Waals surface area contributed by atoms with Gasteiger partial charge in [-0.05, 0) is 46.0 Å². The monoisotopic (exact) mass is 398 g/mol. The molecule has 0 aromatic heterocycles. The molecule has 2 rings (SSSR count). The summed E-state index contributed by atoms with van der Waals surface area (Å²) in [6.45, 7) is 8.38. The number of rotatable bonds is 5. The van der Waals surface area contributed by atoms with E-state index in [0.717, 1.165) is 21.3 Å². The van der Waals surface area contributed by atoms with Crippen molar-refractivity contribution in [1.82, 2.24) is 4.90 Å². The molecule has 1 heterocycles. The first-order valence-electron chi connectivity index (χ1n) is 8.02. The van der Waals surface area contributed by atoms with Crippen molar-refractivity contribution in [3.05, 3.63) is 27.7 Å². The SMILES string of the molecule is COc1c(Br)cc(C(N=CN(C)C)C2OC(C)O2)cc1C(C)(C)C. The largest absolute Gasteiger partial charge is 0.495 e. The van der Waals surface area contributed by atoms with Gasteiger partial charge in [0, 0.05) is 19.7 Å². The molecule has 0 saturated carbocycles. The highest BCUT2D eigenvalue weighted by Gasteiger charge is 2.36. The van der Waals surface area contributed by atoms with Crippen LogP contribution in [0.3, 0.4) is 0 Å². The molecule has 1 aliphatic rings. The van der Waals surface area contributed by atoms with Gasteiger partial charge in [-0.25, -0.2) is 0 Å². The molecule has 0 aliphatic carbocycles. The smallest absolute Gasteiger partial charge is 0.190 e. The number of hydrogen-bond acceptors (Lipinski definition) is 4. The predicted molar refractivity (Wildman–Crippen MR) is 99.7 cm³/mol. The summed E-state index contributed by atoms with van der Waals surface area (Å²) < 4.78 is 17.9. The zero-order chi connectivity index (χ0) is 18.1. The lowest BCUT2D eigenvalue weighted by Crippen LogP contribution is -2.42. The molecule has 0 spiro atoms. The Hall–Kier alpha value is -1.11. The Morgan fingerprint density at radius 1 is 1.29 bits per heavy atom. The standard InChI is InChI=1S/C18H27BrN2O3/c1-11-23-17(24-11)15(20-10-21(5)6)12-8-13(18(2,3)4)16(22-7)14(19)9-12/h8-11,15,17H,1-7H3. The quantitative estimate of drug-likeness (QED) is 0.552. The fourth-order valence-electron chi connectivity index (χ4n) is 2.61. The molecule has 1 aromatic carbocycles. The number of aliphatic imine (C=N–C) groups is 1. The summed E-state index contributed by atoms with van der Waals surface area (Å²) in [6, 6.07) is 3.94. The van der Waals surface area contributed by atoms with E-state index < -0.39 is 0 Å². The van der Waals surface area contributed by atoms with Crippen LogP contribution >= 0.6 is 15.9 Å². The maximum atomic E-state index is 5.71. The lowest BCUT2D eigenvalue weighted by Gasteiger charge is -2.38. The van der Waals surface area contributed by atoms with Crippen LogP contribution < -0.4 is 4.74 Å². The first kappa shape index (κ1) is 19.2. The van der Waals surface area contributed by atoms with Crippen molar-refractivity contribution < 1.29 is 14.2 Å². The Morgan fingerprint density at radius 3 is 2.38 bits per heavy atom. The molecule has 0 N–H and O–H groups in total. The molecule has 1 fully saturated rings. The molecule has 1 aromatic rings. The van der Waals surface area contributed by atoms with Crippen molar-refractivity contribution in [2.24, 2.45) is 4.99 Å². The Bertz CT molecular complexity index is 605. The highest BCUT2D eigenvalue weighted by Crippen LogP contribution is 2.41. The average Bonchev–Trinajstić information content (AvgIpc) is 2.43. The topological polar surface area (TPSA) is 43.3 Å². The van der Waals surface area contributed by atoms with Crippen molar-refractivity contribution >= 4 is 22.3 Å². The molecule has 1 unspecified atom stereocenters. The predicted octanol–water partition coefficient (Wildman–Crippen LogP) is 4.11. The summed E-state index contributed by atoms with van der Waals surface area (Å²) in [5.74, 6) is 0.852. The van der Waals surface area contributed by atoms with E-state index in [2.05, 4.69) is 47.8 Å². The Morgan fingerprint density at radius 2 is 1.92 bits per heavy atom. The molecule has 6 heteroatoms. The van der Waals surface area contributed by atoms with E-state index in [1.165, 1.54) is 0 Å². The van der Waals surface area contributed by atoms with Gasteiger partial charge in [0.05, 0.1) is 17.9 Å². The number of methoxy groups -OCH3 is 1. The van der Waals surface area contributed by atoms with Gasteiger partial charge in [0.2, 0.25) is 0 Å². The first-order chi connectivity index (χ1) is 11.1. The number of benzene rings is 1. The molecule has 24 heavy (non-hydrogen) atoms. The zero-order valence-corrected chi connectivity index (χ0v) is 17.0. The highest BCUT2D eigenvalue weighted by atomic mass is 79.9. The van der Waals surface area contributed by atoms with Crippen LogP contribution in [0, 0.1) is 0 Å². The lowest BCUT2D eigenvalue weighted by atomic mass is 9.84. The van der Waals surface area contributed by atoms with Crippen molar-refractivity contribution in [2.75, 3.05) is 21.2 Å². The third kappa shape index (κ3) is 4.29. The van der Waals surface area contributed by atoms with E-state index in [-0.39, 0.29) is 24.0 Å². The molecule has 0 amide bonds. The van der Waals surface area contributed by atoms with E-state index in [9.17, 15) is 0 Å². The van der Waals surface area contributed by atoms with Crippen molar-refractivity contribution in [1.29, 1.82) is 0 Å². The third-order valence-corrected chi connectivity index (χ3v) is 4.38. The van der Waals surface area contributed by atoms with E-state index in [0.29, 0.717) is 0 Å². The zero-order valence-electron chi connectivity index (χ0n) is 15.5. The maximum Gasteiger partial charge on any atom is 0.190 e. The second-order valence-corrected chi connectivity index (χ2v) is 8.07. The van der Waals surface area contributed by atoms with Crippen LogP contribution in [0.1, 0.15) is 44.9 Å². The van der Waals surface area contributed by atoms with Crippen molar-refractivity contribution in [3.63, 3.8) is 0 Å². The minimum Gasteiger partial charge on any atom is -0.495 e. The number of nitrogens with zero attached hydrogens (tertiary/aromatic N) is 2. The van der Waals surface area contributed by atoms with Gasteiger partial charge in [-0.1, -0.05) is 20.8 Å². The number of hydrogen-bond donors (Lipinski definition) is 0. The summed E-state index contributed by atoms with van der Waals surface area (Å²) in [5, 5.41) is 0. The van der Waals surface area contributed by atoms with Gasteiger partial charge in [-0.2, -0.15) is 0 Å².